The van der Waals surface area contributed by atoms with Crippen LogP contribution in [0, 0.1) is 0 Å². The molecule has 2 saturated heterocycles. The Kier molecular flexibility index (Phi) is 8.10. The normalized spacial score (nSPS) is 17.9. The second-order valence-electron chi connectivity index (χ2n) is 11.2. The summed E-state index contributed by atoms with van der Waals surface area (Å²) in [7, 11) is 0. The fraction of sp³-hybridized carbons (Fsp3) is 0.400. The quantitative estimate of drug-likeness (QED) is 0.235. The number of ether oxygens (including phenoxy) is 2. The summed E-state index contributed by atoms with van der Waals surface area (Å²) in [4.78, 5) is 22.9. The van der Waals surface area contributed by atoms with E-state index < -0.39 is 12.0 Å². The number of hydrogen-bond donors (Lipinski definition) is 1. The summed E-state index contributed by atoms with van der Waals surface area (Å²) in [5.41, 5.74) is 2.53. The first-order valence-corrected chi connectivity index (χ1v) is 15.1. The molecule has 11 nitrogen and oxygen atoms in total. The van der Waals surface area contributed by atoms with Crippen LogP contribution in [-0.2, 0) is 30.4 Å². The zero-order chi connectivity index (χ0) is 31.0. The second kappa shape index (κ2) is 12.3. The molecule has 0 aliphatic carbocycles. The number of rotatable bonds is 9. The van der Waals surface area contributed by atoms with Gasteiger partial charge in [-0.15, -0.1) is 10.2 Å². The Hall–Kier alpha value is -4.14. The van der Waals surface area contributed by atoms with Crippen molar-refractivity contribution in [3.63, 3.8) is 0 Å². The number of hydrogen-bond acceptors (Lipinski definition) is 9. The second-order valence-corrected chi connectivity index (χ2v) is 11.6. The molecule has 0 radical (unpaired) electrons. The summed E-state index contributed by atoms with van der Waals surface area (Å²) in [6.45, 7) is 3.54. The van der Waals surface area contributed by atoms with E-state index in [1.165, 1.54) is 0 Å². The van der Waals surface area contributed by atoms with Gasteiger partial charge in [0.1, 0.15) is 23.4 Å². The number of likely N-dealkylation sites (tertiary alicyclic amines) is 1. The Labute approximate surface area is 260 Å². The van der Waals surface area contributed by atoms with Crippen LogP contribution in [0.25, 0.3) is 22.7 Å². The van der Waals surface area contributed by atoms with E-state index in [0.717, 1.165) is 55.9 Å². The lowest BCUT2D eigenvalue weighted by molar-refractivity contribution is -0.144. The number of benzene rings is 1. The van der Waals surface area contributed by atoms with Gasteiger partial charge >= 0.3 is 6.18 Å². The van der Waals surface area contributed by atoms with Crippen LogP contribution in [0.1, 0.15) is 42.3 Å². The Bertz CT molecular complexity index is 1780. The molecular weight excluding hydrogens is 611 g/mol. The van der Waals surface area contributed by atoms with Crippen molar-refractivity contribution in [2.45, 2.75) is 57.2 Å². The minimum absolute atomic E-state index is 0.0226. The van der Waals surface area contributed by atoms with Crippen molar-refractivity contribution in [1.29, 1.82) is 0 Å². The number of H-pyrrole nitrogens is 1. The SMILES string of the molecule is FC(F)(F)c1nnc(-c2ccc3c(n2)nc(CN2CCC(Oc4ccnc(Cc5ccc(Cl)cc5)n4)CC2)n3C[C@@H]2CCO2)[nH]1. The van der Waals surface area contributed by atoms with Gasteiger partial charge < -0.3 is 19.0 Å². The van der Waals surface area contributed by atoms with Crippen molar-refractivity contribution in [2.75, 3.05) is 19.7 Å². The highest BCUT2D eigenvalue weighted by atomic mass is 35.5. The molecule has 0 amide bonds. The number of alkyl halides is 3. The number of pyridine rings is 1. The average molecular weight is 640 g/mol. The molecule has 2 aliphatic rings. The zero-order valence-electron chi connectivity index (χ0n) is 24.0. The molecule has 0 spiro atoms. The number of nitrogens with zero attached hydrogens (tertiary/aromatic N) is 8. The van der Waals surface area contributed by atoms with E-state index in [-0.39, 0.29) is 23.7 Å². The van der Waals surface area contributed by atoms with Gasteiger partial charge in [-0.1, -0.05) is 23.7 Å². The van der Waals surface area contributed by atoms with E-state index in [2.05, 4.69) is 39.6 Å². The van der Waals surface area contributed by atoms with Crippen molar-refractivity contribution >= 4 is 22.8 Å². The third-order valence-corrected chi connectivity index (χ3v) is 8.26. The van der Waals surface area contributed by atoms with Crippen LogP contribution >= 0.6 is 11.6 Å². The molecule has 4 aromatic heterocycles. The number of imidazole rings is 1. The molecule has 5 aromatic rings. The van der Waals surface area contributed by atoms with Crippen LogP contribution in [0.4, 0.5) is 13.2 Å². The summed E-state index contributed by atoms with van der Waals surface area (Å²) in [5.74, 6) is 0.831. The van der Waals surface area contributed by atoms with Gasteiger partial charge in [-0.2, -0.15) is 18.2 Å². The molecule has 45 heavy (non-hydrogen) atoms. The molecule has 0 saturated carbocycles. The van der Waals surface area contributed by atoms with Gasteiger partial charge in [-0.05, 0) is 49.1 Å². The van der Waals surface area contributed by atoms with Gasteiger partial charge in [-0.3, -0.25) is 4.90 Å². The molecular formula is C30H29ClF3N9O2. The summed E-state index contributed by atoms with van der Waals surface area (Å²) in [6, 6.07) is 12.8. The number of fused-ring (bicyclic) bond motifs is 1. The molecule has 7 rings (SSSR count). The minimum atomic E-state index is -4.62. The fourth-order valence-corrected chi connectivity index (χ4v) is 5.65. The van der Waals surface area contributed by atoms with Crippen LogP contribution < -0.4 is 4.74 Å². The third kappa shape index (κ3) is 6.77. The third-order valence-electron chi connectivity index (χ3n) is 8.01. The van der Waals surface area contributed by atoms with Crippen LogP contribution in [-0.4, -0.2) is 76.5 Å². The van der Waals surface area contributed by atoms with Gasteiger partial charge in [0, 0.05) is 43.4 Å². The first-order chi connectivity index (χ1) is 21.8. The monoisotopic (exact) mass is 639 g/mol. The van der Waals surface area contributed by atoms with E-state index in [0.29, 0.717) is 41.9 Å². The fourth-order valence-electron chi connectivity index (χ4n) is 5.52. The van der Waals surface area contributed by atoms with Crippen molar-refractivity contribution in [2.24, 2.45) is 0 Å². The first-order valence-electron chi connectivity index (χ1n) is 14.7. The maximum Gasteiger partial charge on any atom is 0.451 e. The number of nitrogens with one attached hydrogen (secondary N) is 1. The summed E-state index contributed by atoms with van der Waals surface area (Å²) < 4.78 is 53.2. The van der Waals surface area contributed by atoms with Gasteiger partial charge in [0.05, 0.1) is 24.7 Å². The Balaban J connectivity index is 1.02. The van der Waals surface area contributed by atoms with Crippen molar-refractivity contribution < 1.29 is 22.6 Å². The van der Waals surface area contributed by atoms with Crippen LogP contribution in [0.5, 0.6) is 5.88 Å². The van der Waals surface area contributed by atoms with E-state index in [1.54, 1.807) is 18.3 Å². The van der Waals surface area contributed by atoms with Crippen LogP contribution in [0.2, 0.25) is 5.02 Å². The predicted molar refractivity (Wildman–Crippen MR) is 157 cm³/mol. The zero-order valence-corrected chi connectivity index (χ0v) is 24.8. The summed E-state index contributed by atoms with van der Waals surface area (Å²) in [6.07, 6.45) is 0.377. The number of aromatic nitrogens is 8. The predicted octanol–water partition coefficient (Wildman–Crippen LogP) is 5.10. The molecule has 0 bridgehead atoms. The maximum atomic E-state index is 13.0. The smallest absolute Gasteiger partial charge is 0.451 e. The average Bonchev–Trinajstić information content (AvgIpc) is 3.63. The van der Waals surface area contributed by atoms with Crippen molar-refractivity contribution in [3.8, 4) is 17.4 Å². The van der Waals surface area contributed by atoms with Crippen LogP contribution in [0.3, 0.4) is 0 Å². The van der Waals surface area contributed by atoms with Crippen LogP contribution in [0.15, 0.2) is 48.7 Å². The highest BCUT2D eigenvalue weighted by molar-refractivity contribution is 6.30. The Morgan fingerprint density at radius 3 is 2.49 bits per heavy atom. The molecule has 1 aromatic carbocycles. The molecule has 6 heterocycles. The topological polar surface area (TPSA) is 120 Å². The molecule has 1 atom stereocenters. The molecule has 2 fully saturated rings. The lowest BCUT2D eigenvalue weighted by atomic mass is 10.1. The van der Waals surface area contributed by atoms with Crippen molar-refractivity contribution in [3.05, 3.63) is 76.7 Å². The first kappa shape index (κ1) is 29.6. The number of halogens is 4. The van der Waals surface area contributed by atoms with E-state index >= 15 is 0 Å². The van der Waals surface area contributed by atoms with Crippen molar-refractivity contribution in [1.82, 2.24) is 44.6 Å². The van der Waals surface area contributed by atoms with Gasteiger partial charge in [0.25, 0.3) is 0 Å². The molecule has 2 aliphatic heterocycles. The summed E-state index contributed by atoms with van der Waals surface area (Å²) in [5, 5.41) is 7.55. The highest BCUT2D eigenvalue weighted by Crippen LogP contribution is 2.29. The van der Waals surface area contributed by atoms with Gasteiger partial charge in [0.2, 0.25) is 11.7 Å². The molecule has 15 heteroatoms. The Morgan fingerprint density at radius 1 is 0.978 bits per heavy atom. The van der Waals surface area contributed by atoms with E-state index in [9.17, 15) is 13.2 Å². The van der Waals surface area contributed by atoms with E-state index in [1.807, 2.05) is 30.3 Å². The number of piperidine rings is 1. The lowest BCUT2D eigenvalue weighted by Crippen LogP contribution is -2.39. The summed E-state index contributed by atoms with van der Waals surface area (Å²) >= 11 is 6.00. The molecule has 0 unspecified atom stereocenters. The molecule has 234 valence electrons. The number of aromatic amines is 1. The van der Waals surface area contributed by atoms with E-state index in [4.69, 9.17) is 26.1 Å². The van der Waals surface area contributed by atoms with Gasteiger partial charge in [-0.25, -0.2) is 15.0 Å². The highest BCUT2D eigenvalue weighted by Gasteiger charge is 2.35. The van der Waals surface area contributed by atoms with Gasteiger partial charge in [0.15, 0.2) is 11.5 Å². The minimum Gasteiger partial charge on any atom is -0.474 e. The standard InChI is InChI=1S/C30H29ClF3N9O2/c31-19-3-1-18(2-4-19)15-24-35-11-7-26(37-24)45-20-8-12-42(13-9-20)17-25-38-28-23(43(25)16-21-10-14-44-21)6-5-22(36-28)27-39-29(41-40-27)30(32,33)34/h1-7,11,20-21H,8-10,12-17H2,(H,39,40,41)/t21-/m0/s1. The molecule has 1 N–H and O–H groups in total. The largest absolute Gasteiger partial charge is 0.474 e. The maximum absolute atomic E-state index is 13.0. The lowest BCUT2D eigenvalue weighted by Gasteiger charge is -2.32. The Morgan fingerprint density at radius 2 is 1.78 bits per heavy atom.